The van der Waals surface area contributed by atoms with Crippen LogP contribution in [0.5, 0.6) is 0 Å². The summed E-state index contributed by atoms with van der Waals surface area (Å²) in [4.78, 5) is 0. The first-order valence-electron chi connectivity index (χ1n) is 4.87. The lowest BCUT2D eigenvalue weighted by atomic mass is 10.2. The third kappa shape index (κ3) is 6.01. The SMILES string of the molecule is [C]1=C/C=C\C=C\C=C/C=C/C/C=C/C/1. The molecule has 0 aromatic heterocycles. The van der Waals surface area contributed by atoms with Crippen molar-refractivity contribution in [3.05, 3.63) is 72.9 Å². The summed E-state index contributed by atoms with van der Waals surface area (Å²) in [7, 11) is 0. The fourth-order valence-corrected chi connectivity index (χ4v) is 0.996. The van der Waals surface area contributed by atoms with Gasteiger partial charge in [-0.15, -0.1) is 0 Å². The Morgan fingerprint density at radius 2 is 1.36 bits per heavy atom. The van der Waals surface area contributed by atoms with Gasteiger partial charge in [0.2, 0.25) is 0 Å². The van der Waals surface area contributed by atoms with E-state index in [1.807, 2.05) is 42.5 Å². The highest BCUT2D eigenvalue weighted by atomic mass is 13.8. The zero-order valence-electron chi connectivity index (χ0n) is 8.27. The molecule has 0 aromatic rings. The van der Waals surface area contributed by atoms with E-state index in [0.717, 1.165) is 12.8 Å². The molecule has 0 spiro atoms. The van der Waals surface area contributed by atoms with Gasteiger partial charge in [0.25, 0.3) is 0 Å². The fraction of sp³-hybridized carbons (Fsp3) is 0.143. The number of hydrogen-bond acceptors (Lipinski definition) is 0. The Balaban J connectivity index is 2.56. The summed E-state index contributed by atoms with van der Waals surface area (Å²) >= 11 is 0. The van der Waals surface area contributed by atoms with Crippen LogP contribution in [-0.2, 0) is 0 Å². The highest BCUT2D eigenvalue weighted by Gasteiger charge is 1.72. The maximum atomic E-state index is 3.16. The van der Waals surface area contributed by atoms with Gasteiger partial charge in [0.15, 0.2) is 0 Å². The molecule has 0 saturated carbocycles. The molecule has 1 aliphatic carbocycles. The highest BCUT2D eigenvalue weighted by Crippen LogP contribution is 1.92. The molecule has 0 nitrogen and oxygen atoms in total. The minimum Gasteiger partial charge on any atom is -0.0844 e. The van der Waals surface area contributed by atoms with Gasteiger partial charge in [0.05, 0.1) is 0 Å². The molecule has 0 heterocycles. The van der Waals surface area contributed by atoms with Crippen molar-refractivity contribution in [2.45, 2.75) is 12.8 Å². The second-order valence-electron chi connectivity index (χ2n) is 2.86. The first-order chi connectivity index (χ1) is 7.00. The van der Waals surface area contributed by atoms with Crippen LogP contribution in [0.2, 0.25) is 0 Å². The molecular formula is C14H15. The van der Waals surface area contributed by atoms with Gasteiger partial charge in [-0.2, -0.15) is 0 Å². The van der Waals surface area contributed by atoms with E-state index in [1.54, 1.807) is 0 Å². The molecule has 0 bridgehead atoms. The number of allylic oxidation sites excluding steroid dienone is 12. The Morgan fingerprint density at radius 3 is 2.21 bits per heavy atom. The van der Waals surface area contributed by atoms with Crippen molar-refractivity contribution in [3.8, 4) is 0 Å². The van der Waals surface area contributed by atoms with Gasteiger partial charge in [0, 0.05) is 0 Å². The lowest BCUT2D eigenvalue weighted by molar-refractivity contribution is 1.28. The zero-order chi connectivity index (χ0) is 9.90. The van der Waals surface area contributed by atoms with Crippen LogP contribution >= 0.6 is 0 Å². The predicted molar refractivity (Wildman–Crippen MR) is 62.7 cm³/mol. The molecule has 0 N–H and O–H groups in total. The molecule has 0 unspecified atom stereocenters. The molecule has 14 heavy (non-hydrogen) atoms. The average molecular weight is 183 g/mol. The van der Waals surface area contributed by atoms with Crippen LogP contribution in [0.25, 0.3) is 0 Å². The minimum atomic E-state index is 0.887. The second-order valence-corrected chi connectivity index (χ2v) is 2.86. The lowest BCUT2D eigenvalue weighted by Gasteiger charge is -1.82. The molecule has 0 aromatic carbocycles. The van der Waals surface area contributed by atoms with E-state index < -0.39 is 0 Å². The maximum absolute atomic E-state index is 3.16. The standard InChI is InChI=1S/C14H15/c1-2-4-6-8-10-12-14-13-11-9-7-5-3-1/h1-9,12,14H,10,13H2/b3-1+,4-2-,7-5-,8-6+,11-9?,14-12+. The molecule has 0 aliphatic heterocycles. The van der Waals surface area contributed by atoms with Crippen molar-refractivity contribution in [1.29, 1.82) is 0 Å². The molecule has 0 atom stereocenters. The molecule has 1 rings (SSSR count). The van der Waals surface area contributed by atoms with E-state index in [4.69, 9.17) is 0 Å². The van der Waals surface area contributed by atoms with Crippen molar-refractivity contribution in [3.63, 3.8) is 0 Å². The summed E-state index contributed by atoms with van der Waals surface area (Å²) in [6.07, 6.45) is 27.5. The highest BCUT2D eigenvalue weighted by molar-refractivity contribution is 5.18. The third-order valence-electron chi connectivity index (χ3n) is 1.69. The lowest BCUT2D eigenvalue weighted by Crippen LogP contribution is -1.62. The van der Waals surface area contributed by atoms with Crippen LogP contribution in [-0.4, -0.2) is 0 Å². The van der Waals surface area contributed by atoms with Gasteiger partial charge in [-0.05, 0) is 18.9 Å². The minimum absolute atomic E-state index is 0.887. The molecule has 1 radical (unpaired) electrons. The van der Waals surface area contributed by atoms with Crippen molar-refractivity contribution in [2.75, 3.05) is 0 Å². The summed E-state index contributed by atoms with van der Waals surface area (Å²) in [6.45, 7) is 0. The maximum Gasteiger partial charge on any atom is -0.00945 e. The van der Waals surface area contributed by atoms with Crippen molar-refractivity contribution >= 4 is 0 Å². The average Bonchev–Trinajstić information content (AvgIpc) is 2.22. The molecule has 0 saturated heterocycles. The number of hydrogen-bond donors (Lipinski definition) is 0. The normalized spacial score (nSPS) is 30.9. The van der Waals surface area contributed by atoms with E-state index in [2.05, 4.69) is 30.4 Å². The van der Waals surface area contributed by atoms with E-state index in [0.29, 0.717) is 0 Å². The van der Waals surface area contributed by atoms with Crippen molar-refractivity contribution in [2.24, 2.45) is 0 Å². The molecule has 0 amide bonds. The summed E-state index contributed by atoms with van der Waals surface area (Å²) in [5.74, 6) is 0. The van der Waals surface area contributed by atoms with Crippen LogP contribution in [0.3, 0.4) is 0 Å². The Kier molecular flexibility index (Phi) is 6.05. The first-order valence-corrected chi connectivity index (χ1v) is 4.87. The van der Waals surface area contributed by atoms with E-state index in [1.165, 1.54) is 0 Å². The van der Waals surface area contributed by atoms with Crippen LogP contribution in [0, 0.1) is 6.08 Å². The van der Waals surface area contributed by atoms with Gasteiger partial charge in [-0.3, -0.25) is 0 Å². The summed E-state index contributed by atoms with van der Waals surface area (Å²) in [5.41, 5.74) is 0. The zero-order valence-corrected chi connectivity index (χ0v) is 8.27. The Labute approximate surface area is 86.3 Å². The van der Waals surface area contributed by atoms with Crippen LogP contribution in [0.15, 0.2) is 66.8 Å². The largest absolute Gasteiger partial charge is 0.0844 e. The topological polar surface area (TPSA) is 0 Å². The quantitative estimate of drug-likeness (QED) is 0.499. The van der Waals surface area contributed by atoms with Gasteiger partial charge in [0.1, 0.15) is 0 Å². The second kappa shape index (κ2) is 8.06. The molecule has 71 valence electrons. The molecule has 0 fully saturated rings. The van der Waals surface area contributed by atoms with Gasteiger partial charge >= 0.3 is 0 Å². The van der Waals surface area contributed by atoms with Gasteiger partial charge in [-0.25, -0.2) is 0 Å². The predicted octanol–water partition coefficient (Wildman–Crippen LogP) is 3.92. The summed E-state index contributed by atoms with van der Waals surface area (Å²) in [5, 5.41) is 0. The summed E-state index contributed by atoms with van der Waals surface area (Å²) in [6, 6.07) is 0. The monoisotopic (exact) mass is 183 g/mol. The Bertz CT molecular complexity index is 266. The molecule has 1 aliphatic rings. The molecular weight excluding hydrogens is 168 g/mol. The molecule has 0 heteroatoms. The van der Waals surface area contributed by atoms with E-state index in [9.17, 15) is 0 Å². The van der Waals surface area contributed by atoms with Crippen LogP contribution < -0.4 is 0 Å². The smallest absolute Gasteiger partial charge is 0.00945 e. The third-order valence-corrected chi connectivity index (χ3v) is 1.69. The Hall–Kier alpha value is -1.56. The van der Waals surface area contributed by atoms with Gasteiger partial charge in [-0.1, -0.05) is 66.8 Å². The van der Waals surface area contributed by atoms with Crippen LogP contribution in [0.1, 0.15) is 12.8 Å². The van der Waals surface area contributed by atoms with Crippen LogP contribution in [0.4, 0.5) is 0 Å². The number of rotatable bonds is 0. The first kappa shape index (κ1) is 10.5. The Morgan fingerprint density at radius 1 is 0.643 bits per heavy atom. The van der Waals surface area contributed by atoms with E-state index in [-0.39, 0.29) is 0 Å². The van der Waals surface area contributed by atoms with Crippen molar-refractivity contribution in [1.82, 2.24) is 0 Å². The summed E-state index contributed by atoms with van der Waals surface area (Å²) < 4.78 is 0. The van der Waals surface area contributed by atoms with Gasteiger partial charge < -0.3 is 0 Å². The van der Waals surface area contributed by atoms with E-state index >= 15 is 0 Å². The fourth-order valence-electron chi connectivity index (χ4n) is 0.996. The van der Waals surface area contributed by atoms with Crippen molar-refractivity contribution < 1.29 is 0 Å².